The molecule has 0 aliphatic rings. The van der Waals surface area contributed by atoms with E-state index >= 15 is 0 Å². The van der Waals surface area contributed by atoms with E-state index in [1.165, 1.54) is 12.3 Å². The summed E-state index contributed by atoms with van der Waals surface area (Å²) in [5, 5.41) is 8.70. The van der Waals surface area contributed by atoms with Crippen molar-refractivity contribution in [2.45, 2.75) is 6.42 Å². The molecule has 0 amide bonds. The van der Waals surface area contributed by atoms with Gasteiger partial charge in [0.15, 0.2) is 5.69 Å². The highest BCUT2D eigenvalue weighted by Gasteiger charge is 2.06. The van der Waals surface area contributed by atoms with Gasteiger partial charge in [0.2, 0.25) is 0 Å². The van der Waals surface area contributed by atoms with Gasteiger partial charge in [0.25, 0.3) is 0 Å². The van der Waals surface area contributed by atoms with Crippen LogP contribution in [-0.2, 0) is 0 Å². The van der Waals surface area contributed by atoms with Crippen LogP contribution in [0.5, 0.6) is 6.01 Å². The maximum atomic E-state index is 10.6. The van der Waals surface area contributed by atoms with E-state index in [1.54, 1.807) is 0 Å². The molecule has 88 valence electrons. The number of nitrogens with zero attached hydrogens (tertiary/aromatic N) is 3. The molecule has 0 unspecified atom stereocenters. The summed E-state index contributed by atoms with van der Waals surface area (Å²) in [5.41, 5.74) is -0.0578. The van der Waals surface area contributed by atoms with E-state index in [0.717, 1.165) is 13.0 Å². The number of aromatic carboxylic acids is 1. The molecule has 0 aliphatic heterocycles. The molecule has 0 aliphatic carbocycles. The van der Waals surface area contributed by atoms with Crippen molar-refractivity contribution < 1.29 is 14.6 Å². The lowest BCUT2D eigenvalue weighted by Crippen LogP contribution is -2.16. The van der Waals surface area contributed by atoms with Crippen molar-refractivity contribution in [2.75, 3.05) is 27.2 Å². The lowest BCUT2D eigenvalue weighted by atomic mass is 10.4. The summed E-state index contributed by atoms with van der Waals surface area (Å²) < 4.78 is 5.24. The van der Waals surface area contributed by atoms with Crippen LogP contribution >= 0.6 is 0 Å². The van der Waals surface area contributed by atoms with E-state index in [2.05, 4.69) is 9.97 Å². The molecule has 1 aromatic rings. The van der Waals surface area contributed by atoms with Crippen LogP contribution in [0.15, 0.2) is 12.3 Å². The average molecular weight is 225 g/mol. The van der Waals surface area contributed by atoms with Crippen LogP contribution in [0.25, 0.3) is 0 Å². The predicted octanol–water partition coefficient (Wildman–Crippen LogP) is 0.505. The molecule has 1 heterocycles. The smallest absolute Gasteiger partial charge is 0.354 e. The number of hydrogen-bond acceptors (Lipinski definition) is 5. The first-order valence-electron chi connectivity index (χ1n) is 4.93. The topological polar surface area (TPSA) is 75.5 Å². The average Bonchev–Trinajstić information content (AvgIpc) is 2.24. The van der Waals surface area contributed by atoms with Gasteiger partial charge in [0.1, 0.15) is 0 Å². The molecule has 0 radical (unpaired) electrons. The number of carboxylic acid groups (broad SMARTS) is 1. The molecule has 1 rings (SSSR count). The minimum atomic E-state index is -1.08. The van der Waals surface area contributed by atoms with Crippen molar-refractivity contribution >= 4 is 5.97 Å². The summed E-state index contributed by atoms with van der Waals surface area (Å²) in [6.45, 7) is 1.37. The van der Waals surface area contributed by atoms with Gasteiger partial charge in [-0.2, -0.15) is 4.98 Å². The van der Waals surface area contributed by atoms with E-state index in [0.29, 0.717) is 6.61 Å². The van der Waals surface area contributed by atoms with E-state index in [4.69, 9.17) is 9.84 Å². The standard InChI is InChI=1S/C10H15N3O3/c1-13(2)6-3-7-16-10-11-5-4-8(12-10)9(14)15/h4-5H,3,6-7H2,1-2H3,(H,14,15). The Morgan fingerprint density at radius 2 is 2.31 bits per heavy atom. The van der Waals surface area contributed by atoms with Gasteiger partial charge in [0.05, 0.1) is 6.61 Å². The highest BCUT2D eigenvalue weighted by Crippen LogP contribution is 2.03. The normalized spacial score (nSPS) is 10.4. The molecular weight excluding hydrogens is 210 g/mol. The van der Waals surface area contributed by atoms with Crippen molar-refractivity contribution in [3.8, 4) is 6.01 Å². The fourth-order valence-corrected chi connectivity index (χ4v) is 1.07. The Bertz CT molecular complexity index is 355. The van der Waals surface area contributed by atoms with Crippen molar-refractivity contribution in [1.29, 1.82) is 0 Å². The van der Waals surface area contributed by atoms with Gasteiger partial charge in [-0.25, -0.2) is 9.78 Å². The molecule has 6 nitrogen and oxygen atoms in total. The summed E-state index contributed by atoms with van der Waals surface area (Å²) in [7, 11) is 3.95. The second-order valence-corrected chi connectivity index (χ2v) is 3.53. The number of ether oxygens (including phenoxy) is 1. The van der Waals surface area contributed by atoms with Crippen molar-refractivity contribution in [3.05, 3.63) is 18.0 Å². The van der Waals surface area contributed by atoms with Gasteiger partial charge >= 0.3 is 12.0 Å². The number of aromatic nitrogens is 2. The van der Waals surface area contributed by atoms with E-state index in [1.807, 2.05) is 19.0 Å². The van der Waals surface area contributed by atoms with Gasteiger partial charge in [-0.3, -0.25) is 0 Å². The zero-order valence-corrected chi connectivity index (χ0v) is 9.38. The zero-order valence-electron chi connectivity index (χ0n) is 9.38. The predicted molar refractivity (Wildman–Crippen MR) is 57.7 cm³/mol. The third-order valence-corrected chi connectivity index (χ3v) is 1.83. The monoisotopic (exact) mass is 225 g/mol. The van der Waals surface area contributed by atoms with Crippen LogP contribution in [0.1, 0.15) is 16.9 Å². The van der Waals surface area contributed by atoms with E-state index in [9.17, 15) is 4.79 Å². The number of carboxylic acids is 1. The Morgan fingerprint density at radius 3 is 2.94 bits per heavy atom. The Kier molecular flexibility index (Phi) is 4.65. The molecule has 0 fully saturated rings. The van der Waals surface area contributed by atoms with Crippen LogP contribution in [0.2, 0.25) is 0 Å². The van der Waals surface area contributed by atoms with Crippen molar-refractivity contribution in [1.82, 2.24) is 14.9 Å². The number of rotatable bonds is 6. The molecule has 0 spiro atoms. The van der Waals surface area contributed by atoms with E-state index in [-0.39, 0.29) is 11.7 Å². The first-order valence-corrected chi connectivity index (χ1v) is 4.93. The van der Waals surface area contributed by atoms with Crippen LogP contribution < -0.4 is 4.74 Å². The lowest BCUT2D eigenvalue weighted by Gasteiger charge is -2.09. The molecule has 0 saturated carbocycles. The molecule has 1 aromatic heterocycles. The number of hydrogen-bond donors (Lipinski definition) is 1. The highest BCUT2D eigenvalue weighted by atomic mass is 16.5. The van der Waals surface area contributed by atoms with E-state index < -0.39 is 5.97 Å². The quantitative estimate of drug-likeness (QED) is 0.711. The Labute approximate surface area is 93.9 Å². The fraction of sp³-hybridized carbons (Fsp3) is 0.500. The molecule has 6 heteroatoms. The molecule has 16 heavy (non-hydrogen) atoms. The maximum Gasteiger partial charge on any atom is 0.354 e. The largest absolute Gasteiger partial charge is 0.477 e. The first-order chi connectivity index (χ1) is 7.59. The molecule has 1 N–H and O–H groups in total. The second-order valence-electron chi connectivity index (χ2n) is 3.53. The minimum Gasteiger partial charge on any atom is -0.477 e. The molecular formula is C10H15N3O3. The van der Waals surface area contributed by atoms with Crippen LogP contribution in [0.3, 0.4) is 0 Å². The minimum absolute atomic E-state index is 0.0578. The Morgan fingerprint density at radius 1 is 1.56 bits per heavy atom. The lowest BCUT2D eigenvalue weighted by molar-refractivity contribution is 0.0688. The van der Waals surface area contributed by atoms with Crippen molar-refractivity contribution in [2.24, 2.45) is 0 Å². The number of carbonyl (C=O) groups is 1. The van der Waals surface area contributed by atoms with Crippen LogP contribution in [0, 0.1) is 0 Å². The van der Waals surface area contributed by atoms with Gasteiger partial charge in [-0.05, 0) is 26.6 Å². The van der Waals surface area contributed by atoms with Gasteiger partial charge in [0, 0.05) is 12.7 Å². The van der Waals surface area contributed by atoms with Gasteiger partial charge < -0.3 is 14.7 Å². The first kappa shape index (κ1) is 12.4. The van der Waals surface area contributed by atoms with Gasteiger partial charge in [-0.15, -0.1) is 0 Å². The van der Waals surface area contributed by atoms with Crippen LogP contribution in [0.4, 0.5) is 0 Å². The molecule has 0 saturated heterocycles. The zero-order chi connectivity index (χ0) is 12.0. The molecule has 0 bridgehead atoms. The summed E-state index contributed by atoms with van der Waals surface area (Å²) in [6.07, 6.45) is 2.21. The van der Waals surface area contributed by atoms with Crippen molar-refractivity contribution in [3.63, 3.8) is 0 Å². The summed E-state index contributed by atoms with van der Waals surface area (Å²) in [4.78, 5) is 20.2. The van der Waals surface area contributed by atoms with Crippen LogP contribution in [-0.4, -0.2) is 53.2 Å². The fourth-order valence-electron chi connectivity index (χ4n) is 1.07. The maximum absolute atomic E-state index is 10.6. The molecule has 0 aromatic carbocycles. The summed E-state index contributed by atoms with van der Waals surface area (Å²) >= 11 is 0. The summed E-state index contributed by atoms with van der Waals surface area (Å²) in [5.74, 6) is -1.08. The third kappa shape index (κ3) is 4.22. The third-order valence-electron chi connectivity index (χ3n) is 1.83. The Hall–Kier alpha value is -1.69. The highest BCUT2D eigenvalue weighted by molar-refractivity contribution is 5.85. The SMILES string of the molecule is CN(C)CCCOc1nccc(C(=O)O)n1. The second kappa shape index (κ2) is 6.02. The molecule has 0 atom stereocenters. The Balaban J connectivity index is 2.42. The summed E-state index contributed by atoms with van der Waals surface area (Å²) in [6, 6.07) is 1.44. The van der Waals surface area contributed by atoms with Gasteiger partial charge in [-0.1, -0.05) is 0 Å².